The Morgan fingerprint density at radius 3 is 1.97 bits per heavy atom. The number of benzene rings is 3. The van der Waals surface area contributed by atoms with Crippen LogP contribution in [0.5, 0.6) is 0 Å². The molecule has 170 valence electrons. The van der Waals surface area contributed by atoms with Gasteiger partial charge >= 0.3 is 0 Å². The Labute approximate surface area is 199 Å². The summed E-state index contributed by atoms with van der Waals surface area (Å²) in [6, 6.07) is 30.2. The van der Waals surface area contributed by atoms with Crippen LogP contribution in [0.4, 0.5) is 0 Å². The molecule has 1 N–H and O–H groups in total. The fourth-order valence-corrected chi connectivity index (χ4v) is 6.17. The zero-order valence-corrected chi connectivity index (χ0v) is 22.1. The molecule has 0 heterocycles. The molecule has 0 aliphatic rings. The molecule has 0 saturated carbocycles. The summed E-state index contributed by atoms with van der Waals surface area (Å²) in [6.45, 7) is 14.5. The van der Waals surface area contributed by atoms with E-state index in [4.69, 9.17) is 4.43 Å². The Bertz CT molecular complexity index is 952. The van der Waals surface area contributed by atoms with Gasteiger partial charge in [-0.2, -0.15) is 0 Å². The first kappa shape index (κ1) is 24.8. The largest absolute Gasteiger partial charge is 0.403 e. The topological polar surface area (TPSA) is 21.3 Å². The van der Waals surface area contributed by atoms with Crippen molar-refractivity contribution < 1.29 is 4.43 Å². The van der Waals surface area contributed by atoms with Crippen molar-refractivity contribution in [2.75, 3.05) is 0 Å². The van der Waals surface area contributed by atoms with Gasteiger partial charge in [0.25, 0.3) is 0 Å². The van der Waals surface area contributed by atoms with Gasteiger partial charge in [-0.25, -0.2) is 0 Å². The minimum atomic E-state index is -2.00. The summed E-state index contributed by atoms with van der Waals surface area (Å²) in [4.78, 5) is 1.24. The quantitative estimate of drug-likeness (QED) is 0.197. The van der Waals surface area contributed by atoms with Gasteiger partial charge in [0.15, 0.2) is 8.32 Å². The Kier molecular flexibility index (Phi) is 8.40. The van der Waals surface area contributed by atoms with Crippen molar-refractivity contribution in [3.8, 4) is 0 Å². The van der Waals surface area contributed by atoms with Gasteiger partial charge in [0.1, 0.15) is 5.44 Å². The molecule has 0 saturated heterocycles. The molecule has 3 aromatic rings. The van der Waals surface area contributed by atoms with E-state index in [1.165, 1.54) is 21.6 Å². The van der Waals surface area contributed by atoms with E-state index in [1.54, 1.807) is 0 Å². The fourth-order valence-electron chi connectivity index (χ4n) is 3.23. The molecule has 0 fully saturated rings. The average molecular weight is 464 g/mol. The maximum atomic E-state index is 7.08. The van der Waals surface area contributed by atoms with Crippen LogP contribution in [-0.4, -0.2) is 13.8 Å². The van der Waals surface area contributed by atoms with E-state index in [0.717, 1.165) is 6.54 Å². The Morgan fingerprint density at radius 1 is 0.844 bits per heavy atom. The van der Waals surface area contributed by atoms with Crippen molar-refractivity contribution in [1.29, 1.82) is 0 Å². The minimum Gasteiger partial charge on any atom is -0.403 e. The van der Waals surface area contributed by atoms with E-state index in [9.17, 15) is 0 Å². The molecular formula is C28H37NOSSi. The van der Waals surface area contributed by atoms with Gasteiger partial charge in [-0.3, -0.25) is 0 Å². The van der Waals surface area contributed by atoms with E-state index in [0.29, 0.717) is 0 Å². The van der Waals surface area contributed by atoms with Crippen LogP contribution in [0.15, 0.2) is 89.8 Å². The van der Waals surface area contributed by atoms with Crippen molar-refractivity contribution in [2.45, 2.75) is 68.7 Å². The molecule has 0 unspecified atom stereocenters. The Hall–Kier alpha value is -1.85. The first-order valence-corrected chi connectivity index (χ1v) is 15.2. The molecular weight excluding hydrogens is 426 g/mol. The van der Waals surface area contributed by atoms with E-state index in [1.807, 2.05) is 11.8 Å². The molecule has 0 aromatic heterocycles. The van der Waals surface area contributed by atoms with Crippen molar-refractivity contribution >= 4 is 20.1 Å². The number of thioether (sulfide) groups is 1. The lowest BCUT2D eigenvalue weighted by molar-refractivity contribution is 0.212. The predicted molar refractivity (Wildman–Crippen MR) is 142 cm³/mol. The van der Waals surface area contributed by atoms with Crippen molar-refractivity contribution in [3.05, 3.63) is 102 Å². The number of aryl methyl sites for hydroxylation is 1. The third-order valence-electron chi connectivity index (χ3n) is 6.29. The summed E-state index contributed by atoms with van der Waals surface area (Å²) in [5, 5.41) is 3.97. The number of rotatable bonds is 9. The van der Waals surface area contributed by atoms with Crippen molar-refractivity contribution in [2.24, 2.45) is 0 Å². The van der Waals surface area contributed by atoms with Gasteiger partial charge in [-0.1, -0.05) is 111 Å². The summed E-state index contributed by atoms with van der Waals surface area (Å²) < 4.78 is 7.08. The van der Waals surface area contributed by atoms with Gasteiger partial charge in [-0.15, -0.1) is 0 Å². The maximum Gasteiger partial charge on any atom is 0.193 e. The Balaban J connectivity index is 1.95. The normalized spacial score (nSPS) is 14.2. The van der Waals surface area contributed by atoms with Crippen LogP contribution in [0.3, 0.4) is 0 Å². The van der Waals surface area contributed by atoms with Crippen LogP contribution >= 0.6 is 11.8 Å². The van der Waals surface area contributed by atoms with Crippen molar-refractivity contribution in [3.63, 3.8) is 0 Å². The zero-order valence-electron chi connectivity index (χ0n) is 20.3. The molecule has 4 heteroatoms. The fraction of sp³-hybridized carbons (Fsp3) is 0.357. The lowest BCUT2D eigenvalue weighted by Gasteiger charge is -2.41. The van der Waals surface area contributed by atoms with Gasteiger partial charge < -0.3 is 9.74 Å². The highest BCUT2D eigenvalue weighted by Crippen LogP contribution is 2.42. The second-order valence-corrected chi connectivity index (χ2v) is 15.9. The van der Waals surface area contributed by atoms with Gasteiger partial charge in [0.2, 0.25) is 0 Å². The summed E-state index contributed by atoms with van der Waals surface area (Å²) >= 11 is 1.83. The SMILES string of the molecule is Cc1ccc(S[C@@H](O[Si](C)(C)C(C)(C)C)[C@H](NCc2ccccc2)c2ccccc2)cc1. The van der Waals surface area contributed by atoms with Gasteiger partial charge in [0.05, 0.1) is 6.04 Å². The summed E-state index contributed by atoms with van der Waals surface area (Å²) in [6.07, 6.45) is 0. The minimum absolute atomic E-state index is 0.0373. The molecule has 3 rings (SSSR count). The molecule has 0 aliphatic heterocycles. The lowest BCUT2D eigenvalue weighted by Crippen LogP contribution is -2.46. The highest BCUT2D eigenvalue weighted by Gasteiger charge is 2.41. The van der Waals surface area contributed by atoms with E-state index < -0.39 is 8.32 Å². The first-order valence-electron chi connectivity index (χ1n) is 11.4. The van der Waals surface area contributed by atoms with Crippen LogP contribution in [-0.2, 0) is 11.0 Å². The lowest BCUT2D eigenvalue weighted by atomic mass is 10.1. The van der Waals surface area contributed by atoms with Crippen LogP contribution < -0.4 is 5.32 Å². The smallest absolute Gasteiger partial charge is 0.193 e. The van der Waals surface area contributed by atoms with Gasteiger partial charge in [-0.05, 0) is 48.3 Å². The number of hydrogen-bond acceptors (Lipinski definition) is 3. The highest BCUT2D eigenvalue weighted by atomic mass is 32.2. The second kappa shape index (κ2) is 10.8. The van der Waals surface area contributed by atoms with Crippen LogP contribution in [0, 0.1) is 6.92 Å². The molecule has 2 nitrogen and oxygen atoms in total. The molecule has 2 atom stereocenters. The Morgan fingerprint density at radius 2 is 1.41 bits per heavy atom. The third kappa shape index (κ3) is 6.82. The van der Waals surface area contributed by atoms with E-state index in [2.05, 4.69) is 131 Å². The standard InChI is InChI=1S/C28H37NOSSi/c1-22-17-19-25(20-18-22)31-27(30-32(5,6)28(2,3)4)26(24-15-11-8-12-16-24)29-21-23-13-9-7-10-14-23/h7-20,26-27,29H,21H2,1-6H3/t26-,27-/m1/s1. The van der Waals surface area contributed by atoms with Crippen molar-refractivity contribution in [1.82, 2.24) is 5.32 Å². The molecule has 0 amide bonds. The molecule has 3 aromatic carbocycles. The summed E-state index contributed by atoms with van der Waals surface area (Å²) in [5.41, 5.74) is 3.77. The number of hydrogen-bond donors (Lipinski definition) is 1. The zero-order chi connectivity index (χ0) is 23.2. The van der Waals surface area contributed by atoms with Crippen LogP contribution in [0.25, 0.3) is 0 Å². The predicted octanol–water partition coefficient (Wildman–Crippen LogP) is 7.97. The molecule has 0 bridgehead atoms. The molecule has 0 spiro atoms. The molecule has 0 aliphatic carbocycles. The second-order valence-electron chi connectivity index (χ2n) is 9.93. The molecule has 0 radical (unpaired) electrons. The maximum absolute atomic E-state index is 7.08. The highest BCUT2D eigenvalue weighted by molar-refractivity contribution is 7.99. The van der Waals surface area contributed by atoms with E-state index in [-0.39, 0.29) is 16.5 Å². The van der Waals surface area contributed by atoms with Crippen LogP contribution in [0.2, 0.25) is 18.1 Å². The third-order valence-corrected chi connectivity index (χ3v) is 12.1. The average Bonchev–Trinajstić information content (AvgIpc) is 2.76. The molecule has 32 heavy (non-hydrogen) atoms. The first-order chi connectivity index (χ1) is 15.2. The number of nitrogens with one attached hydrogen (secondary N) is 1. The van der Waals surface area contributed by atoms with Gasteiger partial charge in [0, 0.05) is 11.4 Å². The van der Waals surface area contributed by atoms with E-state index >= 15 is 0 Å². The monoisotopic (exact) mass is 463 g/mol. The summed E-state index contributed by atoms with van der Waals surface area (Å²) in [7, 11) is -2.00. The summed E-state index contributed by atoms with van der Waals surface area (Å²) in [5.74, 6) is 0. The van der Waals surface area contributed by atoms with Crippen LogP contribution in [0.1, 0.15) is 43.5 Å².